The molecule has 0 aromatic carbocycles. The minimum Gasteiger partial charge on any atom is -1.00 e. The Morgan fingerprint density at radius 3 is 1.32 bits per heavy atom. The van der Waals surface area contributed by atoms with E-state index in [1.165, 1.54) is 83.5 Å². The molecular weight excluding hydrogens is 294 g/mol. The van der Waals surface area contributed by atoms with Gasteiger partial charge in [0.25, 0.3) is 0 Å². The fourth-order valence-corrected chi connectivity index (χ4v) is 2.92. The maximum Gasteiger partial charge on any atom is 0.108 e. The van der Waals surface area contributed by atoms with Crippen LogP contribution in [0.25, 0.3) is 0 Å². The van der Waals surface area contributed by atoms with Crippen LogP contribution in [-0.4, -0.2) is 31.9 Å². The molecule has 3 heteroatoms. The molecule has 0 atom stereocenters. The third-order valence-electron chi connectivity index (χ3n) is 4.28. The third-order valence-corrected chi connectivity index (χ3v) is 4.28. The molecule has 2 nitrogen and oxygen atoms in total. The Balaban J connectivity index is 0. The van der Waals surface area contributed by atoms with E-state index in [0.29, 0.717) is 4.65 Å². The highest BCUT2D eigenvalue weighted by atomic mass is 35.5. The Bertz CT molecular complexity index is 210. The van der Waals surface area contributed by atoms with E-state index in [9.17, 15) is 0 Å². The summed E-state index contributed by atoms with van der Waals surface area (Å²) in [5.74, 6) is 0. The Hall–Kier alpha value is 0.210. The molecule has 0 aliphatic carbocycles. The first-order chi connectivity index (χ1) is 10.1. The van der Waals surface area contributed by atoms with Crippen LogP contribution in [0.15, 0.2) is 0 Å². The van der Waals surface area contributed by atoms with Crippen molar-refractivity contribution in [2.45, 2.75) is 97.3 Å². The van der Waals surface area contributed by atoms with E-state index in [0.717, 1.165) is 13.2 Å². The molecule has 0 aliphatic heterocycles. The Morgan fingerprint density at radius 1 is 0.591 bits per heavy atom. The highest BCUT2D eigenvalue weighted by Gasteiger charge is 2.14. The van der Waals surface area contributed by atoms with Crippen molar-refractivity contribution in [1.82, 2.24) is 0 Å². The first-order valence-corrected chi connectivity index (χ1v) is 9.60. The summed E-state index contributed by atoms with van der Waals surface area (Å²) >= 11 is 0. The second kappa shape index (κ2) is 17.6. The fraction of sp³-hybridized carbons (Fsp3) is 1.00. The van der Waals surface area contributed by atoms with Crippen LogP contribution in [0.2, 0.25) is 0 Å². The van der Waals surface area contributed by atoms with Crippen molar-refractivity contribution in [3.8, 4) is 0 Å². The normalized spacial score (nSPS) is 11.5. The summed E-state index contributed by atoms with van der Waals surface area (Å²) in [6, 6.07) is 0. The van der Waals surface area contributed by atoms with Gasteiger partial charge in [0.15, 0.2) is 0 Å². The lowest BCUT2D eigenvalue weighted by Crippen LogP contribution is -3.00. The molecule has 0 rings (SSSR count). The zero-order valence-electron chi connectivity index (χ0n) is 15.8. The van der Waals surface area contributed by atoms with E-state index in [1.807, 2.05) is 0 Å². The van der Waals surface area contributed by atoms with Crippen LogP contribution >= 0.6 is 0 Å². The van der Waals surface area contributed by atoms with E-state index in [2.05, 4.69) is 27.9 Å². The number of hydroxylamine groups is 3. The highest BCUT2D eigenvalue weighted by molar-refractivity contribution is 4.48. The van der Waals surface area contributed by atoms with Gasteiger partial charge in [0.2, 0.25) is 0 Å². The van der Waals surface area contributed by atoms with Crippen molar-refractivity contribution in [2.75, 3.05) is 27.2 Å². The van der Waals surface area contributed by atoms with E-state index >= 15 is 0 Å². The number of hydrogen-bond donors (Lipinski definition) is 0. The molecule has 0 aliphatic rings. The van der Waals surface area contributed by atoms with Crippen LogP contribution < -0.4 is 12.4 Å². The number of unbranched alkanes of at least 4 members (excludes halogenated alkanes) is 12. The van der Waals surface area contributed by atoms with Crippen LogP contribution in [0, 0.1) is 0 Å². The van der Waals surface area contributed by atoms with Crippen molar-refractivity contribution >= 4 is 0 Å². The molecule has 0 heterocycles. The van der Waals surface area contributed by atoms with Gasteiger partial charge >= 0.3 is 0 Å². The molecule has 0 amide bonds. The predicted molar refractivity (Wildman–Crippen MR) is 94.3 cm³/mol. The summed E-state index contributed by atoms with van der Waals surface area (Å²) in [5, 5.41) is 0. The van der Waals surface area contributed by atoms with Crippen LogP contribution in [-0.2, 0) is 4.84 Å². The predicted octanol–water partition coefficient (Wildman–Crippen LogP) is 3.11. The summed E-state index contributed by atoms with van der Waals surface area (Å²) < 4.78 is 0.717. The number of halogens is 1. The third kappa shape index (κ3) is 18.3. The fourth-order valence-electron chi connectivity index (χ4n) is 2.92. The second-order valence-corrected chi connectivity index (χ2v) is 6.96. The molecule has 0 saturated carbocycles. The SMILES string of the molecule is CCCCCCCCCCCCCCC[N+](C)(C)OCC.[Cl-]. The van der Waals surface area contributed by atoms with Gasteiger partial charge in [-0.3, -0.25) is 0 Å². The van der Waals surface area contributed by atoms with Gasteiger partial charge in [-0.15, -0.1) is 0 Å². The lowest BCUT2D eigenvalue weighted by atomic mass is 10.0. The Morgan fingerprint density at radius 2 is 0.955 bits per heavy atom. The standard InChI is InChI=1S/C19H42NO.ClH/c1-5-7-8-9-10-11-12-13-14-15-16-17-18-19-20(3,4)21-6-2;/h5-19H2,1-4H3;1H/q+1;/p-1. The van der Waals surface area contributed by atoms with E-state index in [4.69, 9.17) is 4.84 Å². The summed E-state index contributed by atoms with van der Waals surface area (Å²) in [5.41, 5.74) is 0. The molecular formula is C19H42ClNO. The zero-order valence-corrected chi connectivity index (χ0v) is 16.6. The Labute approximate surface area is 146 Å². The highest BCUT2D eigenvalue weighted by Crippen LogP contribution is 2.13. The first kappa shape index (κ1) is 24.5. The zero-order chi connectivity index (χ0) is 15.8. The van der Waals surface area contributed by atoms with Crippen LogP contribution in [0.4, 0.5) is 0 Å². The summed E-state index contributed by atoms with van der Waals surface area (Å²) in [4.78, 5) is 5.67. The smallest absolute Gasteiger partial charge is 0.108 e. The largest absolute Gasteiger partial charge is 1.00 e. The van der Waals surface area contributed by atoms with E-state index < -0.39 is 0 Å². The van der Waals surface area contributed by atoms with Gasteiger partial charge in [0.1, 0.15) is 13.2 Å². The quantitative estimate of drug-likeness (QED) is 0.239. The maximum atomic E-state index is 5.67. The summed E-state index contributed by atoms with van der Waals surface area (Å²) in [6.45, 7) is 6.32. The molecule has 136 valence electrons. The number of nitrogens with zero attached hydrogens (tertiary/aromatic N) is 1. The average molecular weight is 336 g/mol. The molecule has 0 saturated heterocycles. The van der Waals surface area contributed by atoms with Crippen molar-refractivity contribution in [2.24, 2.45) is 0 Å². The van der Waals surface area contributed by atoms with Crippen LogP contribution in [0.1, 0.15) is 97.3 Å². The minimum atomic E-state index is 0. The van der Waals surface area contributed by atoms with Crippen molar-refractivity contribution in [3.63, 3.8) is 0 Å². The minimum absolute atomic E-state index is 0. The Kier molecular flexibility index (Phi) is 19.5. The lowest BCUT2D eigenvalue weighted by Gasteiger charge is -2.26. The molecule has 0 fully saturated rings. The van der Waals surface area contributed by atoms with Gasteiger partial charge in [-0.2, -0.15) is 4.65 Å². The molecule has 0 spiro atoms. The van der Waals surface area contributed by atoms with E-state index in [1.54, 1.807) is 0 Å². The average Bonchev–Trinajstić information content (AvgIpc) is 2.44. The number of rotatable bonds is 16. The van der Waals surface area contributed by atoms with Crippen molar-refractivity contribution in [1.29, 1.82) is 0 Å². The van der Waals surface area contributed by atoms with Crippen molar-refractivity contribution in [3.05, 3.63) is 0 Å². The second-order valence-electron chi connectivity index (χ2n) is 6.96. The lowest BCUT2D eigenvalue weighted by molar-refractivity contribution is -1.08. The van der Waals surface area contributed by atoms with Gasteiger partial charge in [0, 0.05) is 0 Å². The molecule has 22 heavy (non-hydrogen) atoms. The molecule has 0 radical (unpaired) electrons. The first-order valence-electron chi connectivity index (χ1n) is 9.60. The molecule has 0 bridgehead atoms. The van der Waals surface area contributed by atoms with Gasteiger partial charge in [0.05, 0.1) is 14.1 Å². The van der Waals surface area contributed by atoms with Crippen LogP contribution in [0.5, 0.6) is 0 Å². The van der Waals surface area contributed by atoms with Crippen molar-refractivity contribution < 1.29 is 21.9 Å². The topological polar surface area (TPSA) is 9.23 Å². The molecule has 0 aromatic heterocycles. The summed E-state index contributed by atoms with van der Waals surface area (Å²) in [7, 11) is 4.31. The van der Waals surface area contributed by atoms with Gasteiger partial charge in [-0.1, -0.05) is 77.6 Å². The van der Waals surface area contributed by atoms with Gasteiger partial charge in [-0.25, -0.2) is 4.84 Å². The monoisotopic (exact) mass is 335 g/mol. The molecule has 0 aromatic rings. The van der Waals surface area contributed by atoms with Gasteiger partial charge < -0.3 is 12.4 Å². The number of quaternary nitrogens is 1. The van der Waals surface area contributed by atoms with E-state index in [-0.39, 0.29) is 12.4 Å². The van der Waals surface area contributed by atoms with Crippen LogP contribution in [0.3, 0.4) is 0 Å². The number of hydrogen-bond acceptors (Lipinski definition) is 1. The maximum absolute atomic E-state index is 5.67. The molecule has 0 unspecified atom stereocenters. The molecule has 0 N–H and O–H groups in total. The van der Waals surface area contributed by atoms with Gasteiger partial charge in [-0.05, 0) is 19.8 Å². The summed E-state index contributed by atoms with van der Waals surface area (Å²) in [6.07, 6.45) is 18.5.